The lowest BCUT2D eigenvalue weighted by Crippen LogP contribution is -2.68. The number of anilines is 2. The molecule has 5 aromatic heterocycles. The number of ether oxygens (including phenoxy) is 1. The van der Waals surface area contributed by atoms with Crippen molar-refractivity contribution in [2.45, 2.75) is 31.0 Å². The maximum absolute atomic E-state index is 13.6. The van der Waals surface area contributed by atoms with E-state index in [1.54, 1.807) is 28.9 Å². The molecule has 10 nitrogen and oxygen atoms in total. The van der Waals surface area contributed by atoms with Gasteiger partial charge in [0, 0.05) is 61.3 Å². The third-order valence-electron chi connectivity index (χ3n) is 8.42. The van der Waals surface area contributed by atoms with E-state index in [1.165, 1.54) is 12.0 Å². The highest BCUT2D eigenvalue weighted by molar-refractivity contribution is 6.01. The molecule has 204 valence electrons. The van der Waals surface area contributed by atoms with Crippen molar-refractivity contribution in [1.82, 2.24) is 34.7 Å². The zero-order valence-corrected chi connectivity index (χ0v) is 21.8. The van der Waals surface area contributed by atoms with Gasteiger partial charge in [0.2, 0.25) is 5.88 Å². The van der Waals surface area contributed by atoms with Crippen LogP contribution < -0.4 is 14.5 Å². The van der Waals surface area contributed by atoms with Crippen LogP contribution in [0.4, 0.5) is 20.3 Å². The second-order valence-corrected chi connectivity index (χ2v) is 11.0. The third kappa shape index (κ3) is 3.77. The molecular formula is C28H27F2N9O. The number of rotatable bonds is 6. The first-order valence-electron chi connectivity index (χ1n) is 13.4. The first-order valence-corrected chi connectivity index (χ1v) is 13.4. The van der Waals surface area contributed by atoms with Crippen LogP contribution in [0.5, 0.6) is 5.88 Å². The van der Waals surface area contributed by atoms with Crippen LogP contribution in [0.3, 0.4) is 0 Å². The topological polar surface area (TPSA) is 90.7 Å². The Morgan fingerprint density at radius 2 is 1.88 bits per heavy atom. The molecule has 0 aliphatic carbocycles. The van der Waals surface area contributed by atoms with Gasteiger partial charge in [-0.1, -0.05) is 6.07 Å². The van der Waals surface area contributed by atoms with Gasteiger partial charge in [-0.25, -0.2) is 23.3 Å². The van der Waals surface area contributed by atoms with Gasteiger partial charge in [-0.2, -0.15) is 5.10 Å². The van der Waals surface area contributed by atoms with E-state index in [0.717, 1.165) is 47.5 Å². The summed E-state index contributed by atoms with van der Waals surface area (Å²) in [6, 6.07) is 11.0. The Hall–Kier alpha value is -4.32. The normalized spacial score (nSPS) is 22.0. The summed E-state index contributed by atoms with van der Waals surface area (Å²) in [5.41, 5.74) is 5.21. The molecule has 1 N–H and O–H groups in total. The van der Waals surface area contributed by atoms with Gasteiger partial charge >= 0.3 is 0 Å². The van der Waals surface area contributed by atoms with E-state index in [9.17, 15) is 8.78 Å². The molecule has 0 saturated carbocycles. The first-order chi connectivity index (χ1) is 19.4. The monoisotopic (exact) mass is 543 g/mol. The summed E-state index contributed by atoms with van der Waals surface area (Å²) in [7, 11) is 1.63. The number of fused-ring (bicyclic) bond motifs is 5. The van der Waals surface area contributed by atoms with Crippen molar-refractivity contribution >= 4 is 28.1 Å². The lowest BCUT2D eigenvalue weighted by atomic mass is 9.87. The quantitative estimate of drug-likeness (QED) is 0.348. The number of aromatic amines is 1. The van der Waals surface area contributed by atoms with Crippen molar-refractivity contribution in [2.24, 2.45) is 0 Å². The average Bonchev–Trinajstić information content (AvgIpc) is 3.56. The number of H-pyrrole nitrogens is 1. The van der Waals surface area contributed by atoms with Crippen molar-refractivity contribution in [1.29, 1.82) is 0 Å². The zero-order chi connectivity index (χ0) is 27.0. The number of hydrogen-bond acceptors (Lipinski definition) is 8. The Morgan fingerprint density at radius 3 is 2.58 bits per heavy atom. The molecule has 0 aromatic carbocycles. The SMILES string of the molecule is COc1ccc(CN2C3CC2CN(c2ccc(-c4cc(N5CC(F)(F)C5)cn5nc6[nH]ncc6c45)cn2)C3)cn1. The van der Waals surface area contributed by atoms with Crippen LogP contribution >= 0.6 is 0 Å². The van der Waals surface area contributed by atoms with Gasteiger partial charge in [0.1, 0.15) is 5.82 Å². The highest BCUT2D eigenvalue weighted by atomic mass is 19.3. The molecule has 2 atom stereocenters. The summed E-state index contributed by atoms with van der Waals surface area (Å²) in [5.74, 6) is -1.08. The molecular weight excluding hydrogens is 516 g/mol. The van der Waals surface area contributed by atoms with Gasteiger partial charge in [0.25, 0.3) is 5.92 Å². The maximum atomic E-state index is 13.6. The summed E-state index contributed by atoms with van der Waals surface area (Å²) in [5, 5.41) is 12.5. The second-order valence-electron chi connectivity index (χ2n) is 11.0. The van der Waals surface area contributed by atoms with Gasteiger partial charge in [0.05, 0.1) is 49.2 Å². The Balaban J connectivity index is 1.04. The summed E-state index contributed by atoms with van der Waals surface area (Å²) in [4.78, 5) is 15.8. The minimum absolute atomic E-state index is 0.293. The Bertz CT molecular complexity index is 1700. The lowest BCUT2D eigenvalue weighted by molar-refractivity contribution is -0.0263. The van der Waals surface area contributed by atoms with Crippen molar-refractivity contribution in [3.8, 4) is 17.0 Å². The molecule has 4 aliphatic heterocycles. The van der Waals surface area contributed by atoms with E-state index in [2.05, 4.69) is 48.3 Å². The standard InChI is InChI=1S/C28H27F2N9O/c1-40-25-5-2-17(8-32-25)11-38-20-6-21(38)13-36(12-20)24-4-3-18(9-31-24)22-7-19(37-15-28(29,30)16-37)14-39-26(22)23-10-33-34-27(23)35-39/h2-5,7-10,14,20-21H,6,11-13,15-16H2,1H3,(H,34,35). The Morgan fingerprint density at radius 1 is 1.02 bits per heavy atom. The van der Waals surface area contributed by atoms with E-state index < -0.39 is 5.92 Å². The fourth-order valence-corrected chi connectivity index (χ4v) is 6.34. The molecule has 12 heteroatoms. The Kier molecular flexibility index (Phi) is 5.06. The smallest absolute Gasteiger partial charge is 0.282 e. The highest BCUT2D eigenvalue weighted by Gasteiger charge is 2.45. The molecule has 4 fully saturated rings. The molecule has 4 aliphatic rings. The minimum atomic E-state index is -2.66. The summed E-state index contributed by atoms with van der Waals surface area (Å²) >= 11 is 0. The lowest BCUT2D eigenvalue weighted by Gasteiger charge is -2.56. The number of nitrogens with one attached hydrogen (secondary N) is 1. The number of halogens is 2. The molecule has 0 spiro atoms. The van der Waals surface area contributed by atoms with Crippen molar-refractivity contribution < 1.29 is 13.5 Å². The number of piperidine rings is 1. The van der Waals surface area contributed by atoms with E-state index in [-0.39, 0.29) is 13.1 Å². The van der Waals surface area contributed by atoms with Crippen molar-refractivity contribution in [3.63, 3.8) is 0 Å². The molecule has 0 amide bonds. The van der Waals surface area contributed by atoms with Crippen LogP contribution in [0.1, 0.15) is 12.0 Å². The number of aromatic nitrogens is 6. The number of methoxy groups -OCH3 is 1. The number of piperazine rings is 1. The van der Waals surface area contributed by atoms with Crippen molar-refractivity contribution in [2.75, 3.05) is 43.1 Å². The number of nitrogens with zero attached hydrogens (tertiary/aromatic N) is 8. The predicted molar refractivity (Wildman–Crippen MR) is 146 cm³/mol. The van der Waals surface area contributed by atoms with E-state index in [0.29, 0.717) is 29.3 Å². The second kappa shape index (κ2) is 8.59. The van der Waals surface area contributed by atoms with Crippen molar-refractivity contribution in [3.05, 3.63) is 60.7 Å². The van der Waals surface area contributed by atoms with Crippen LogP contribution in [0.25, 0.3) is 27.7 Å². The predicted octanol–water partition coefficient (Wildman–Crippen LogP) is 3.59. The van der Waals surface area contributed by atoms with Crippen LogP contribution in [0.2, 0.25) is 0 Å². The zero-order valence-electron chi connectivity index (χ0n) is 21.8. The van der Waals surface area contributed by atoms with Gasteiger partial charge in [-0.3, -0.25) is 10.00 Å². The fraction of sp³-hybridized carbons (Fsp3) is 0.357. The van der Waals surface area contributed by atoms with Crippen LogP contribution in [-0.4, -0.2) is 86.0 Å². The van der Waals surface area contributed by atoms with Crippen LogP contribution in [0, 0.1) is 0 Å². The molecule has 2 bridgehead atoms. The van der Waals surface area contributed by atoms with E-state index >= 15 is 0 Å². The number of hydrogen-bond donors (Lipinski definition) is 1. The summed E-state index contributed by atoms with van der Waals surface area (Å²) in [6.07, 6.45) is 8.51. The average molecular weight is 544 g/mol. The molecule has 5 aromatic rings. The number of pyridine rings is 3. The fourth-order valence-electron chi connectivity index (χ4n) is 6.34. The van der Waals surface area contributed by atoms with Gasteiger partial charge in [-0.15, -0.1) is 5.10 Å². The number of alkyl halides is 2. The van der Waals surface area contributed by atoms with Gasteiger partial charge in [-0.05, 0) is 30.2 Å². The largest absolute Gasteiger partial charge is 0.481 e. The third-order valence-corrected chi connectivity index (χ3v) is 8.42. The highest BCUT2D eigenvalue weighted by Crippen LogP contribution is 2.39. The molecule has 9 rings (SSSR count). The van der Waals surface area contributed by atoms with E-state index in [1.807, 2.05) is 24.5 Å². The van der Waals surface area contributed by atoms with E-state index in [4.69, 9.17) is 9.72 Å². The molecule has 9 heterocycles. The summed E-state index contributed by atoms with van der Waals surface area (Å²) in [6.45, 7) is 2.15. The van der Waals surface area contributed by atoms with Gasteiger partial charge < -0.3 is 14.5 Å². The van der Waals surface area contributed by atoms with Crippen LogP contribution in [0.15, 0.2) is 55.1 Å². The minimum Gasteiger partial charge on any atom is -0.481 e. The molecule has 4 saturated heterocycles. The Labute approximate surface area is 228 Å². The summed E-state index contributed by atoms with van der Waals surface area (Å²) < 4.78 is 34.2. The molecule has 40 heavy (non-hydrogen) atoms. The molecule has 0 radical (unpaired) electrons. The maximum Gasteiger partial charge on any atom is 0.282 e. The first kappa shape index (κ1) is 23.6. The van der Waals surface area contributed by atoms with Gasteiger partial charge in [0.15, 0.2) is 5.65 Å². The molecule has 2 unspecified atom stereocenters. The van der Waals surface area contributed by atoms with Crippen LogP contribution in [-0.2, 0) is 6.54 Å².